The quantitative estimate of drug-likeness (QED) is 0.730. The van der Waals surface area contributed by atoms with Crippen LogP contribution in [0.15, 0.2) is 36.7 Å². The monoisotopic (exact) mass is 330 g/mol. The number of imidazole rings is 1. The highest BCUT2D eigenvalue weighted by molar-refractivity contribution is 5.74. The van der Waals surface area contributed by atoms with E-state index in [1.807, 2.05) is 55.8 Å². The molecule has 0 bridgehead atoms. The first-order valence-corrected chi connectivity index (χ1v) is 8.29. The van der Waals surface area contributed by atoms with Gasteiger partial charge in [-0.05, 0) is 51.3 Å². The molecule has 1 aromatic heterocycles. The molecule has 1 heterocycles. The summed E-state index contributed by atoms with van der Waals surface area (Å²) in [4.78, 5) is 16.2. The van der Waals surface area contributed by atoms with E-state index in [0.717, 1.165) is 23.5 Å². The molecule has 24 heavy (non-hydrogen) atoms. The molecule has 2 rings (SSSR count). The van der Waals surface area contributed by atoms with Crippen LogP contribution < -0.4 is 10.6 Å². The number of aromatic nitrogens is 2. The lowest BCUT2D eigenvalue weighted by atomic mass is 10.1. The first-order valence-electron chi connectivity index (χ1n) is 8.29. The molecular weight excluding hydrogens is 304 g/mol. The van der Waals surface area contributed by atoms with E-state index >= 15 is 0 Å². The van der Waals surface area contributed by atoms with Crippen molar-refractivity contribution in [1.82, 2.24) is 20.2 Å². The van der Waals surface area contributed by atoms with E-state index < -0.39 is 0 Å². The zero-order valence-corrected chi connectivity index (χ0v) is 14.5. The summed E-state index contributed by atoms with van der Waals surface area (Å²) in [6.45, 7) is 5.99. The molecule has 0 aliphatic carbocycles. The van der Waals surface area contributed by atoms with Crippen molar-refractivity contribution < 1.29 is 9.90 Å². The molecule has 0 aliphatic heterocycles. The second-order valence-electron chi connectivity index (χ2n) is 6.04. The van der Waals surface area contributed by atoms with E-state index in [0.29, 0.717) is 6.42 Å². The fraction of sp³-hybridized carbons (Fsp3) is 0.444. The average molecular weight is 330 g/mol. The molecule has 0 radical (unpaired) electrons. The summed E-state index contributed by atoms with van der Waals surface area (Å²) in [5, 5.41) is 14.6. The van der Waals surface area contributed by atoms with Crippen LogP contribution in [0.1, 0.15) is 44.1 Å². The topological polar surface area (TPSA) is 79.2 Å². The Morgan fingerprint density at radius 3 is 2.54 bits per heavy atom. The molecule has 2 unspecified atom stereocenters. The van der Waals surface area contributed by atoms with Gasteiger partial charge in [0.2, 0.25) is 0 Å². The number of rotatable bonds is 7. The van der Waals surface area contributed by atoms with Crippen molar-refractivity contribution in [3.8, 4) is 5.69 Å². The van der Waals surface area contributed by atoms with Gasteiger partial charge in [0.15, 0.2) is 0 Å². The van der Waals surface area contributed by atoms with Gasteiger partial charge in [-0.1, -0.05) is 12.1 Å². The highest BCUT2D eigenvalue weighted by atomic mass is 16.3. The third-order valence-electron chi connectivity index (χ3n) is 4.02. The average Bonchev–Trinajstić information content (AvgIpc) is 2.99. The first kappa shape index (κ1) is 18.0. The van der Waals surface area contributed by atoms with E-state index in [9.17, 15) is 4.79 Å². The molecular formula is C18H26N4O2. The number of benzene rings is 1. The Morgan fingerprint density at radius 2 is 1.96 bits per heavy atom. The molecule has 0 aliphatic rings. The lowest BCUT2D eigenvalue weighted by Gasteiger charge is -2.18. The normalized spacial score (nSPS) is 13.3. The van der Waals surface area contributed by atoms with Crippen molar-refractivity contribution >= 4 is 6.03 Å². The number of carbonyl (C=O) groups excluding carboxylic acids is 1. The molecule has 2 amide bonds. The molecule has 6 nitrogen and oxygen atoms in total. The van der Waals surface area contributed by atoms with Gasteiger partial charge in [0.1, 0.15) is 5.82 Å². The highest BCUT2D eigenvalue weighted by Gasteiger charge is 2.12. The maximum absolute atomic E-state index is 12.0. The van der Waals surface area contributed by atoms with E-state index in [1.54, 1.807) is 6.20 Å². The number of amides is 2. The number of hydrogen-bond acceptors (Lipinski definition) is 3. The van der Waals surface area contributed by atoms with Crippen LogP contribution in [0.5, 0.6) is 0 Å². The molecule has 130 valence electrons. The van der Waals surface area contributed by atoms with Crippen LogP contribution in [-0.2, 0) is 0 Å². The maximum Gasteiger partial charge on any atom is 0.315 e. The number of aliphatic hydroxyl groups excluding tert-OH is 1. The predicted octanol–water partition coefficient (Wildman–Crippen LogP) is 2.70. The van der Waals surface area contributed by atoms with Gasteiger partial charge in [0.25, 0.3) is 0 Å². The van der Waals surface area contributed by atoms with Crippen LogP contribution in [-0.4, -0.2) is 33.3 Å². The lowest BCUT2D eigenvalue weighted by Crippen LogP contribution is -2.41. The Kier molecular flexibility index (Phi) is 6.37. The Morgan fingerprint density at radius 1 is 1.25 bits per heavy atom. The fourth-order valence-corrected chi connectivity index (χ4v) is 2.59. The molecule has 0 spiro atoms. The number of urea groups is 1. The van der Waals surface area contributed by atoms with Gasteiger partial charge in [-0.15, -0.1) is 0 Å². The minimum absolute atomic E-state index is 0.0379. The standard InChI is InChI=1S/C18H26N4O2/c1-13(5-4-12-23)20-18(24)21-14(2)16-6-8-17(9-7-16)22-11-10-19-15(22)3/h6-11,13-14,23H,4-5,12H2,1-3H3,(H2,20,21,24). The summed E-state index contributed by atoms with van der Waals surface area (Å²) in [5.74, 6) is 0.935. The van der Waals surface area contributed by atoms with E-state index in [-0.39, 0.29) is 24.7 Å². The van der Waals surface area contributed by atoms with Crippen LogP contribution in [0.2, 0.25) is 0 Å². The summed E-state index contributed by atoms with van der Waals surface area (Å²) in [6, 6.07) is 7.81. The lowest BCUT2D eigenvalue weighted by molar-refractivity contribution is 0.231. The zero-order chi connectivity index (χ0) is 17.5. The van der Waals surface area contributed by atoms with E-state index in [1.165, 1.54) is 0 Å². The van der Waals surface area contributed by atoms with Crippen molar-refractivity contribution in [2.75, 3.05) is 6.61 Å². The fourth-order valence-electron chi connectivity index (χ4n) is 2.59. The van der Waals surface area contributed by atoms with Gasteiger partial charge >= 0.3 is 6.03 Å². The minimum Gasteiger partial charge on any atom is -0.396 e. The van der Waals surface area contributed by atoms with Crippen LogP contribution in [0.25, 0.3) is 5.69 Å². The highest BCUT2D eigenvalue weighted by Crippen LogP contribution is 2.16. The van der Waals surface area contributed by atoms with Crippen LogP contribution in [0.3, 0.4) is 0 Å². The van der Waals surface area contributed by atoms with Gasteiger partial charge in [-0.3, -0.25) is 0 Å². The second kappa shape index (κ2) is 8.49. The van der Waals surface area contributed by atoms with Gasteiger partial charge in [-0.25, -0.2) is 9.78 Å². The molecule has 0 saturated heterocycles. The molecule has 0 fully saturated rings. The van der Waals surface area contributed by atoms with E-state index in [2.05, 4.69) is 15.6 Å². The Balaban J connectivity index is 1.91. The van der Waals surface area contributed by atoms with Gasteiger partial charge in [0, 0.05) is 30.7 Å². The smallest absolute Gasteiger partial charge is 0.315 e. The largest absolute Gasteiger partial charge is 0.396 e. The number of aryl methyl sites for hydroxylation is 1. The van der Waals surface area contributed by atoms with Crippen LogP contribution in [0.4, 0.5) is 4.79 Å². The van der Waals surface area contributed by atoms with Crippen molar-refractivity contribution in [3.63, 3.8) is 0 Å². The molecule has 6 heteroatoms. The van der Waals surface area contributed by atoms with Crippen molar-refractivity contribution in [1.29, 1.82) is 0 Å². The SMILES string of the molecule is Cc1nccn1-c1ccc(C(C)NC(=O)NC(C)CCCO)cc1. The predicted molar refractivity (Wildman–Crippen MR) is 94.2 cm³/mol. The summed E-state index contributed by atoms with van der Waals surface area (Å²) in [6.07, 6.45) is 5.15. The number of aliphatic hydroxyl groups is 1. The first-order chi connectivity index (χ1) is 11.5. The van der Waals surface area contributed by atoms with E-state index in [4.69, 9.17) is 5.11 Å². The number of nitrogens with zero attached hydrogens (tertiary/aromatic N) is 2. The molecule has 0 saturated carbocycles. The zero-order valence-electron chi connectivity index (χ0n) is 14.5. The van der Waals surface area contributed by atoms with Gasteiger partial charge in [-0.2, -0.15) is 0 Å². The molecule has 2 atom stereocenters. The minimum atomic E-state index is -0.192. The van der Waals surface area contributed by atoms with Crippen molar-refractivity contribution in [2.45, 2.75) is 45.7 Å². The summed E-state index contributed by atoms with van der Waals surface area (Å²) < 4.78 is 2.01. The third kappa shape index (κ3) is 4.83. The summed E-state index contributed by atoms with van der Waals surface area (Å²) >= 11 is 0. The van der Waals surface area contributed by atoms with Gasteiger partial charge in [0.05, 0.1) is 6.04 Å². The Hall–Kier alpha value is -2.34. The Labute approximate surface area is 142 Å². The summed E-state index contributed by atoms with van der Waals surface area (Å²) in [5.41, 5.74) is 2.08. The van der Waals surface area contributed by atoms with Gasteiger partial charge < -0.3 is 20.3 Å². The van der Waals surface area contributed by atoms with Crippen molar-refractivity contribution in [2.24, 2.45) is 0 Å². The second-order valence-corrected chi connectivity index (χ2v) is 6.04. The third-order valence-corrected chi connectivity index (χ3v) is 4.02. The van der Waals surface area contributed by atoms with Crippen LogP contribution >= 0.6 is 0 Å². The number of nitrogens with one attached hydrogen (secondary N) is 2. The van der Waals surface area contributed by atoms with Crippen molar-refractivity contribution in [3.05, 3.63) is 48.0 Å². The maximum atomic E-state index is 12.0. The van der Waals surface area contributed by atoms with Crippen LogP contribution in [0, 0.1) is 6.92 Å². The number of carbonyl (C=O) groups is 1. The molecule has 3 N–H and O–H groups in total. The molecule has 1 aromatic carbocycles. The number of hydrogen-bond donors (Lipinski definition) is 3. The summed E-state index contributed by atoms with van der Waals surface area (Å²) in [7, 11) is 0. The molecule has 2 aromatic rings. The Bertz CT molecular complexity index is 651.